The second kappa shape index (κ2) is 10.6. The molecule has 0 spiro atoms. The summed E-state index contributed by atoms with van der Waals surface area (Å²) in [5.74, 6) is -0.894. The lowest BCUT2D eigenvalue weighted by Crippen LogP contribution is -2.50. The van der Waals surface area contributed by atoms with Crippen molar-refractivity contribution in [2.45, 2.75) is 0 Å². The van der Waals surface area contributed by atoms with Gasteiger partial charge in [-0.1, -0.05) is 23.2 Å². The molecule has 2 aromatic rings. The second-order valence-electron chi connectivity index (χ2n) is 7.23. The van der Waals surface area contributed by atoms with E-state index in [9.17, 15) is 29.8 Å². The average Bonchev–Trinajstić information content (AvgIpc) is 2.79. The van der Waals surface area contributed by atoms with E-state index in [1.807, 2.05) is 4.90 Å². The van der Waals surface area contributed by atoms with Crippen molar-refractivity contribution in [2.75, 3.05) is 39.3 Å². The van der Waals surface area contributed by atoms with Gasteiger partial charge in [-0.3, -0.25) is 34.7 Å². The maximum absolute atomic E-state index is 12.8. The first-order chi connectivity index (χ1) is 15.7. The van der Waals surface area contributed by atoms with E-state index in [4.69, 9.17) is 23.2 Å². The molecular formula is C20H19Cl2N5O6. The van der Waals surface area contributed by atoms with Gasteiger partial charge in [-0.25, -0.2) is 0 Å². The van der Waals surface area contributed by atoms with Gasteiger partial charge in [0.25, 0.3) is 23.2 Å². The smallest absolute Gasteiger partial charge is 0.270 e. The highest BCUT2D eigenvalue weighted by molar-refractivity contribution is 6.34. The monoisotopic (exact) mass is 495 g/mol. The van der Waals surface area contributed by atoms with Gasteiger partial charge < -0.3 is 10.2 Å². The number of non-ortho nitro benzene ring substituents is 2. The summed E-state index contributed by atoms with van der Waals surface area (Å²) in [7, 11) is 0. The molecular weight excluding hydrogens is 477 g/mol. The van der Waals surface area contributed by atoms with Gasteiger partial charge in [-0.15, -0.1) is 0 Å². The highest BCUT2D eigenvalue weighted by atomic mass is 35.5. The van der Waals surface area contributed by atoms with Crippen LogP contribution in [0.5, 0.6) is 0 Å². The molecule has 1 N–H and O–H groups in total. The van der Waals surface area contributed by atoms with Crippen LogP contribution in [0.2, 0.25) is 10.0 Å². The molecule has 1 aliphatic heterocycles. The number of nitro benzene ring substituents is 2. The van der Waals surface area contributed by atoms with Crippen LogP contribution in [-0.2, 0) is 0 Å². The number of carbonyl (C=O) groups excluding carboxylic acids is 2. The highest BCUT2D eigenvalue weighted by Gasteiger charge is 2.25. The SMILES string of the molecule is O=C(NCCN1CCN(C(=O)c2cc([N+](=O)[O-])ccc2Cl)CC1)c1cc([N+](=O)[O-])ccc1Cl. The third-order valence-electron chi connectivity index (χ3n) is 5.17. The number of carbonyl (C=O) groups is 2. The van der Waals surface area contributed by atoms with Gasteiger partial charge in [-0.2, -0.15) is 0 Å². The van der Waals surface area contributed by atoms with Crippen molar-refractivity contribution in [1.29, 1.82) is 0 Å². The van der Waals surface area contributed by atoms with E-state index >= 15 is 0 Å². The van der Waals surface area contributed by atoms with Gasteiger partial charge in [0.15, 0.2) is 0 Å². The number of hydrogen-bond donors (Lipinski definition) is 1. The number of piperazine rings is 1. The summed E-state index contributed by atoms with van der Waals surface area (Å²) < 4.78 is 0. The molecule has 1 saturated heterocycles. The second-order valence-corrected chi connectivity index (χ2v) is 8.05. The van der Waals surface area contributed by atoms with Crippen molar-refractivity contribution >= 4 is 46.4 Å². The molecule has 1 aliphatic rings. The largest absolute Gasteiger partial charge is 0.351 e. The minimum atomic E-state index is -0.602. The summed E-state index contributed by atoms with van der Waals surface area (Å²) >= 11 is 12.0. The van der Waals surface area contributed by atoms with Crippen LogP contribution in [0, 0.1) is 20.2 Å². The minimum absolute atomic E-state index is 0.0233. The van der Waals surface area contributed by atoms with Gasteiger partial charge in [-0.05, 0) is 12.1 Å². The number of halogens is 2. The summed E-state index contributed by atoms with van der Waals surface area (Å²) in [6.07, 6.45) is 0. The Balaban J connectivity index is 1.50. The van der Waals surface area contributed by atoms with Crippen LogP contribution in [-0.4, -0.2) is 70.7 Å². The molecule has 0 aromatic heterocycles. The summed E-state index contributed by atoms with van der Waals surface area (Å²) in [6, 6.07) is 7.40. The van der Waals surface area contributed by atoms with Crippen LogP contribution < -0.4 is 5.32 Å². The molecule has 0 bridgehead atoms. The number of nitro groups is 2. The van der Waals surface area contributed by atoms with Crippen LogP contribution in [0.25, 0.3) is 0 Å². The normalized spacial score (nSPS) is 14.1. The van der Waals surface area contributed by atoms with Crippen LogP contribution >= 0.6 is 23.2 Å². The zero-order valence-electron chi connectivity index (χ0n) is 17.2. The molecule has 33 heavy (non-hydrogen) atoms. The summed E-state index contributed by atoms with van der Waals surface area (Å²) in [5, 5.41) is 24.8. The van der Waals surface area contributed by atoms with E-state index < -0.39 is 15.8 Å². The lowest BCUT2D eigenvalue weighted by Gasteiger charge is -2.34. The topological polar surface area (TPSA) is 139 Å². The van der Waals surface area contributed by atoms with E-state index in [1.165, 1.54) is 30.3 Å². The molecule has 0 aliphatic carbocycles. The van der Waals surface area contributed by atoms with Crippen LogP contribution in [0.3, 0.4) is 0 Å². The quantitative estimate of drug-likeness (QED) is 0.459. The molecule has 0 unspecified atom stereocenters. The molecule has 1 fully saturated rings. The predicted octanol–water partition coefficient (Wildman–Crippen LogP) is 3.00. The maximum atomic E-state index is 12.8. The fraction of sp³-hybridized carbons (Fsp3) is 0.300. The van der Waals surface area contributed by atoms with Gasteiger partial charge in [0.1, 0.15) is 0 Å². The average molecular weight is 496 g/mol. The van der Waals surface area contributed by atoms with Crippen LogP contribution in [0.1, 0.15) is 20.7 Å². The first-order valence-electron chi connectivity index (χ1n) is 9.85. The number of nitrogens with one attached hydrogen (secondary N) is 1. The lowest BCUT2D eigenvalue weighted by molar-refractivity contribution is -0.385. The Hall–Kier alpha value is -3.28. The van der Waals surface area contributed by atoms with Crippen molar-refractivity contribution < 1.29 is 19.4 Å². The fourth-order valence-electron chi connectivity index (χ4n) is 3.36. The molecule has 0 radical (unpaired) electrons. The minimum Gasteiger partial charge on any atom is -0.351 e. The molecule has 2 amide bonds. The van der Waals surface area contributed by atoms with E-state index in [1.54, 1.807) is 4.90 Å². The first kappa shape index (κ1) is 24.4. The molecule has 3 rings (SSSR count). The van der Waals surface area contributed by atoms with Gasteiger partial charge in [0.2, 0.25) is 0 Å². The van der Waals surface area contributed by atoms with Gasteiger partial charge in [0, 0.05) is 63.5 Å². The third-order valence-corrected chi connectivity index (χ3v) is 5.83. The summed E-state index contributed by atoms with van der Waals surface area (Å²) in [4.78, 5) is 49.4. The lowest BCUT2D eigenvalue weighted by atomic mass is 10.1. The summed E-state index contributed by atoms with van der Waals surface area (Å²) in [6.45, 7) is 2.63. The summed E-state index contributed by atoms with van der Waals surface area (Å²) in [5.41, 5.74) is -0.328. The fourth-order valence-corrected chi connectivity index (χ4v) is 3.76. The van der Waals surface area contributed by atoms with Crippen LogP contribution in [0.4, 0.5) is 11.4 Å². The van der Waals surface area contributed by atoms with E-state index in [0.29, 0.717) is 32.7 Å². The number of benzene rings is 2. The molecule has 0 atom stereocenters. The van der Waals surface area contributed by atoms with Crippen molar-refractivity contribution in [1.82, 2.24) is 15.1 Å². The van der Waals surface area contributed by atoms with Crippen molar-refractivity contribution in [2.24, 2.45) is 0 Å². The van der Waals surface area contributed by atoms with Crippen molar-refractivity contribution in [3.63, 3.8) is 0 Å². The number of hydrogen-bond acceptors (Lipinski definition) is 7. The molecule has 2 aromatic carbocycles. The Labute approximate surface area is 198 Å². The standard InChI is InChI=1S/C20H19Cl2N5O6/c21-17-3-1-13(26(30)31)11-15(17)19(28)23-5-6-24-7-9-25(10-8-24)20(29)16-12-14(27(32)33)2-4-18(16)22/h1-4,11-12H,5-10H2,(H,23,28). The number of rotatable bonds is 7. The molecule has 1 heterocycles. The van der Waals surface area contributed by atoms with Crippen molar-refractivity contribution in [3.8, 4) is 0 Å². The third kappa shape index (κ3) is 5.95. The molecule has 0 saturated carbocycles. The Morgan fingerprint density at radius 3 is 1.94 bits per heavy atom. The van der Waals surface area contributed by atoms with Gasteiger partial charge >= 0.3 is 0 Å². The molecule has 13 heteroatoms. The Bertz CT molecular complexity index is 1100. The zero-order valence-corrected chi connectivity index (χ0v) is 18.7. The number of amides is 2. The molecule has 174 valence electrons. The predicted molar refractivity (Wildman–Crippen MR) is 121 cm³/mol. The van der Waals surface area contributed by atoms with E-state index in [0.717, 1.165) is 6.07 Å². The van der Waals surface area contributed by atoms with Crippen molar-refractivity contribution in [3.05, 3.63) is 77.8 Å². The Kier molecular flexibility index (Phi) is 7.79. The van der Waals surface area contributed by atoms with E-state index in [2.05, 4.69) is 5.32 Å². The Morgan fingerprint density at radius 1 is 0.879 bits per heavy atom. The molecule has 11 nitrogen and oxygen atoms in total. The first-order valence-corrected chi connectivity index (χ1v) is 10.6. The van der Waals surface area contributed by atoms with Gasteiger partial charge in [0.05, 0.1) is 31.0 Å². The number of nitrogens with zero attached hydrogens (tertiary/aromatic N) is 4. The maximum Gasteiger partial charge on any atom is 0.270 e. The highest BCUT2D eigenvalue weighted by Crippen LogP contribution is 2.24. The van der Waals surface area contributed by atoms with E-state index in [-0.39, 0.29) is 45.0 Å². The Morgan fingerprint density at radius 2 is 1.39 bits per heavy atom. The van der Waals surface area contributed by atoms with Crippen LogP contribution in [0.15, 0.2) is 36.4 Å². The zero-order chi connectivity index (χ0) is 24.1.